The second-order valence-electron chi connectivity index (χ2n) is 6.36. The third-order valence-electron chi connectivity index (χ3n) is 4.48. The molecule has 1 heterocycles. The van der Waals surface area contributed by atoms with E-state index in [1.807, 2.05) is 30.3 Å². The summed E-state index contributed by atoms with van der Waals surface area (Å²) in [6, 6.07) is 15.6. The number of cyclic esters (lactones) is 1. The summed E-state index contributed by atoms with van der Waals surface area (Å²) in [6.07, 6.45) is -1.26. The topological polar surface area (TPSA) is 98.9 Å². The van der Waals surface area contributed by atoms with Crippen molar-refractivity contribution in [1.29, 1.82) is 0 Å². The minimum absolute atomic E-state index is 0.101. The molecule has 2 N–H and O–H groups in total. The number of nitrogens with zero attached hydrogens (tertiary/aromatic N) is 1. The molecule has 0 saturated carbocycles. The van der Waals surface area contributed by atoms with Gasteiger partial charge in [0, 0.05) is 5.02 Å². The Bertz CT molecular complexity index is 857. The second kappa shape index (κ2) is 8.75. The van der Waals surface area contributed by atoms with Crippen LogP contribution in [0.2, 0.25) is 5.02 Å². The highest BCUT2D eigenvalue weighted by Gasteiger charge is 2.41. The molecule has 0 radical (unpaired) electrons. The van der Waals surface area contributed by atoms with E-state index in [1.165, 1.54) is 0 Å². The van der Waals surface area contributed by atoms with Crippen molar-refractivity contribution < 1.29 is 23.9 Å². The Balaban J connectivity index is 1.85. The van der Waals surface area contributed by atoms with E-state index in [-0.39, 0.29) is 13.2 Å². The van der Waals surface area contributed by atoms with Gasteiger partial charge in [-0.15, -0.1) is 0 Å². The van der Waals surface area contributed by atoms with Gasteiger partial charge in [-0.3, -0.25) is 4.79 Å². The molecule has 1 saturated heterocycles. The van der Waals surface area contributed by atoms with Gasteiger partial charge in [0.1, 0.15) is 13.2 Å². The summed E-state index contributed by atoms with van der Waals surface area (Å²) in [5, 5.41) is 0.494. The van der Waals surface area contributed by atoms with E-state index < -0.39 is 30.1 Å². The molecule has 2 aromatic rings. The number of halogens is 1. The van der Waals surface area contributed by atoms with Gasteiger partial charge >= 0.3 is 12.2 Å². The van der Waals surface area contributed by atoms with Crippen LogP contribution < -0.4 is 5.73 Å². The maximum Gasteiger partial charge on any atom is 0.417 e. The smallest absolute Gasteiger partial charge is 0.417 e. The predicted molar refractivity (Wildman–Crippen MR) is 102 cm³/mol. The molecule has 0 bridgehead atoms. The number of ether oxygens (including phenoxy) is 2. The molecule has 1 unspecified atom stereocenters. The second-order valence-corrected chi connectivity index (χ2v) is 6.80. The minimum Gasteiger partial charge on any atom is -0.449 e. The molecule has 1 fully saturated rings. The zero-order chi connectivity index (χ0) is 20.1. The Morgan fingerprint density at radius 1 is 1.18 bits per heavy atom. The van der Waals surface area contributed by atoms with Gasteiger partial charge in [-0.05, 0) is 29.7 Å². The summed E-state index contributed by atoms with van der Waals surface area (Å²) >= 11 is 5.91. The monoisotopic (exact) mass is 402 g/mol. The fourth-order valence-corrected chi connectivity index (χ4v) is 3.23. The maximum atomic E-state index is 13.2. The first-order chi connectivity index (χ1) is 13.5. The minimum atomic E-state index is -1.00. The number of carbonyl (C=O) groups excluding carboxylic acids is 3. The van der Waals surface area contributed by atoms with Gasteiger partial charge in [0.15, 0.2) is 0 Å². The third-order valence-corrected chi connectivity index (χ3v) is 4.73. The van der Waals surface area contributed by atoms with Crippen molar-refractivity contribution in [3.63, 3.8) is 0 Å². The lowest BCUT2D eigenvalue weighted by Gasteiger charge is -2.25. The molecular weight excluding hydrogens is 384 g/mol. The van der Waals surface area contributed by atoms with Crippen molar-refractivity contribution in [3.05, 3.63) is 70.7 Å². The highest BCUT2D eigenvalue weighted by atomic mass is 35.5. The molecule has 0 aromatic heterocycles. The van der Waals surface area contributed by atoms with Crippen LogP contribution in [0.4, 0.5) is 9.59 Å². The highest BCUT2D eigenvalue weighted by Crippen LogP contribution is 2.26. The average molecular weight is 403 g/mol. The van der Waals surface area contributed by atoms with Crippen LogP contribution >= 0.6 is 11.6 Å². The number of rotatable bonds is 6. The molecule has 146 valence electrons. The standard InChI is InChI=1S/C20H19ClN2O5/c21-15-8-6-14(7-9-15)17(12-27-19(22)25)18(24)23-16(11-28-20(23)26)10-13-4-2-1-3-5-13/h1-9,16-17H,10-12H2,(H2,22,25)/t16-,17?/m1/s1. The van der Waals surface area contributed by atoms with E-state index >= 15 is 0 Å². The number of hydrogen-bond acceptors (Lipinski definition) is 5. The van der Waals surface area contributed by atoms with Crippen LogP contribution in [0, 0.1) is 0 Å². The summed E-state index contributed by atoms with van der Waals surface area (Å²) in [5.41, 5.74) is 6.58. The number of hydrogen-bond donors (Lipinski definition) is 1. The summed E-state index contributed by atoms with van der Waals surface area (Å²) < 4.78 is 9.98. The van der Waals surface area contributed by atoms with Gasteiger partial charge in [0.05, 0.1) is 12.0 Å². The summed E-state index contributed by atoms with van der Waals surface area (Å²) in [7, 11) is 0. The van der Waals surface area contributed by atoms with Gasteiger partial charge in [0.25, 0.3) is 0 Å². The number of amides is 3. The van der Waals surface area contributed by atoms with Crippen LogP contribution in [-0.4, -0.2) is 42.2 Å². The normalized spacial score (nSPS) is 17.1. The Kier molecular flexibility index (Phi) is 6.16. The van der Waals surface area contributed by atoms with E-state index in [2.05, 4.69) is 0 Å². The van der Waals surface area contributed by atoms with Gasteiger partial charge in [-0.2, -0.15) is 0 Å². The summed E-state index contributed by atoms with van der Waals surface area (Å²) in [6.45, 7) is -0.193. The lowest BCUT2D eigenvalue weighted by Crippen LogP contribution is -2.44. The molecule has 8 heteroatoms. The van der Waals surface area contributed by atoms with Crippen molar-refractivity contribution in [2.24, 2.45) is 5.73 Å². The van der Waals surface area contributed by atoms with Crippen molar-refractivity contribution in [1.82, 2.24) is 4.90 Å². The molecule has 1 aliphatic heterocycles. The van der Waals surface area contributed by atoms with Gasteiger partial charge in [0.2, 0.25) is 5.91 Å². The Hall–Kier alpha value is -3.06. The number of imide groups is 1. The molecule has 0 spiro atoms. The molecule has 3 amide bonds. The van der Waals surface area contributed by atoms with E-state index in [1.54, 1.807) is 24.3 Å². The number of nitrogens with two attached hydrogens (primary N) is 1. The van der Waals surface area contributed by atoms with Crippen molar-refractivity contribution in [2.45, 2.75) is 18.4 Å². The molecular formula is C20H19ClN2O5. The SMILES string of the molecule is NC(=O)OCC(C(=O)N1C(=O)OC[C@H]1Cc1ccccc1)c1ccc(Cl)cc1. The van der Waals surface area contributed by atoms with E-state index in [0.717, 1.165) is 10.5 Å². The first kappa shape index (κ1) is 19.7. The van der Waals surface area contributed by atoms with Crippen LogP contribution in [0.5, 0.6) is 0 Å². The van der Waals surface area contributed by atoms with Gasteiger partial charge < -0.3 is 15.2 Å². The average Bonchev–Trinajstić information content (AvgIpc) is 3.04. The van der Waals surface area contributed by atoms with Crippen molar-refractivity contribution in [3.8, 4) is 0 Å². The fourth-order valence-electron chi connectivity index (χ4n) is 3.11. The van der Waals surface area contributed by atoms with Crippen LogP contribution in [0.3, 0.4) is 0 Å². The number of carbonyl (C=O) groups is 3. The van der Waals surface area contributed by atoms with E-state index in [4.69, 9.17) is 26.8 Å². The Morgan fingerprint density at radius 2 is 1.86 bits per heavy atom. The molecule has 2 aromatic carbocycles. The van der Waals surface area contributed by atoms with Crippen LogP contribution in [0.1, 0.15) is 17.0 Å². The Morgan fingerprint density at radius 3 is 2.50 bits per heavy atom. The van der Waals surface area contributed by atoms with E-state index in [9.17, 15) is 14.4 Å². The number of benzene rings is 2. The molecule has 3 rings (SSSR count). The first-order valence-electron chi connectivity index (χ1n) is 8.67. The highest BCUT2D eigenvalue weighted by molar-refractivity contribution is 6.30. The van der Waals surface area contributed by atoms with Crippen LogP contribution in [0.15, 0.2) is 54.6 Å². The summed E-state index contributed by atoms with van der Waals surface area (Å²) in [5.74, 6) is -1.43. The number of primary amides is 1. The molecule has 7 nitrogen and oxygen atoms in total. The lowest BCUT2D eigenvalue weighted by atomic mass is 9.97. The molecule has 2 atom stereocenters. The zero-order valence-electron chi connectivity index (χ0n) is 14.9. The van der Waals surface area contributed by atoms with Gasteiger partial charge in [-0.1, -0.05) is 54.1 Å². The van der Waals surface area contributed by atoms with Crippen molar-refractivity contribution in [2.75, 3.05) is 13.2 Å². The lowest BCUT2D eigenvalue weighted by molar-refractivity contribution is -0.131. The van der Waals surface area contributed by atoms with E-state index in [0.29, 0.717) is 17.0 Å². The maximum absolute atomic E-state index is 13.2. The zero-order valence-corrected chi connectivity index (χ0v) is 15.7. The predicted octanol–water partition coefficient (Wildman–Crippen LogP) is 3.11. The third kappa shape index (κ3) is 4.61. The summed E-state index contributed by atoms with van der Waals surface area (Å²) in [4.78, 5) is 37.6. The molecule has 1 aliphatic rings. The quantitative estimate of drug-likeness (QED) is 0.800. The van der Waals surface area contributed by atoms with Crippen molar-refractivity contribution >= 4 is 29.7 Å². The molecule has 0 aliphatic carbocycles. The van der Waals surface area contributed by atoms with Crippen LogP contribution in [-0.2, 0) is 20.7 Å². The van der Waals surface area contributed by atoms with Crippen LogP contribution in [0.25, 0.3) is 0 Å². The largest absolute Gasteiger partial charge is 0.449 e. The molecule has 28 heavy (non-hydrogen) atoms. The Labute approximate surface area is 167 Å². The fraction of sp³-hybridized carbons (Fsp3) is 0.250. The van der Waals surface area contributed by atoms with Gasteiger partial charge in [-0.25, -0.2) is 14.5 Å². The first-order valence-corrected chi connectivity index (χ1v) is 9.05.